The van der Waals surface area contributed by atoms with E-state index in [0.717, 1.165) is 18.4 Å². The summed E-state index contributed by atoms with van der Waals surface area (Å²) in [6.07, 6.45) is 3.42. The van der Waals surface area contributed by atoms with Crippen LogP contribution in [0.25, 0.3) is 16.8 Å². The molecular formula is C18H20BF3N4O2P2. The first-order valence-electron chi connectivity index (χ1n) is 9.36. The number of pyridine rings is 2. The molecule has 158 valence electrons. The fraction of sp³-hybridized carbons (Fsp3) is 0.389. The maximum atomic E-state index is 15.1. The van der Waals surface area contributed by atoms with E-state index in [1.165, 1.54) is 30.2 Å². The van der Waals surface area contributed by atoms with E-state index < -0.39 is 17.5 Å². The van der Waals surface area contributed by atoms with Gasteiger partial charge in [0.2, 0.25) is 11.6 Å². The standard InChI is InChI=1S/C18H20BF3N4O2P2/c1-9(18(21,22)30)27-15-13(29)6-11(7-23-15)10-2-5-14-24-25-16(26(14)8-10)17(19,20)28-12-3-4-12/h2,5-9,12H,3-4,19,29-30H2,1H3. The van der Waals surface area contributed by atoms with Crippen molar-refractivity contribution in [2.45, 2.75) is 43.4 Å². The molecule has 0 bridgehead atoms. The molecular weight excluding hydrogens is 434 g/mol. The second-order valence-corrected chi connectivity index (χ2v) is 8.85. The molecule has 6 nitrogen and oxygen atoms in total. The van der Waals surface area contributed by atoms with Crippen molar-refractivity contribution in [1.82, 2.24) is 19.6 Å². The number of alkyl halides is 3. The Balaban J connectivity index is 1.64. The van der Waals surface area contributed by atoms with E-state index in [2.05, 4.69) is 24.4 Å². The molecule has 1 aliphatic carbocycles. The van der Waals surface area contributed by atoms with Gasteiger partial charge in [-0.3, -0.25) is 4.40 Å². The molecule has 4 atom stereocenters. The molecule has 3 heterocycles. The number of hydrogen-bond donors (Lipinski definition) is 0. The Morgan fingerprint density at radius 3 is 2.60 bits per heavy atom. The van der Waals surface area contributed by atoms with Crippen molar-refractivity contribution in [1.29, 1.82) is 0 Å². The second kappa shape index (κ2) is 7.74. The minimum atomic E-state index is -3.07. The Kier molecular flexibility index (Phi) is 5.54. The third-order valence-electron chi connectivity index (χ3n) is 4.76. The Morgan fingerprint density at radius 1 is 1.23 bits per heavy atom. The minimum Gasteiger partial charge on any atom is -0.467 e. The van der Waals surface area contributed by atoms with Crippen molar-refractivity contribution in [3.05, 3.63) is 36.4 Å². The zero-order valence-electron chi connectivity index (χ0n) is 16.3. The fourth-order valence-electron chi connectivity index (χ4n) is 2.89. The number of hydrogen-bond acceptors (Lipinski definition) is 5. The normalized spacial score (nSPS) is 17.7. The summed E-state index contributed by atoms with van der Waals surface area (Å²) in [5.41, 5.74) is -1.18. The predicted octanol–water partition coefficient (Wildman–Crippen LogP) is 2.42. The lowest BCUT2D eigenvalue weighted by atomic mass is 9.95. The zero-order chi connectivity index (χ0) is 21.7. The van der Waals surface area contributed by atoms with Gasteiger partial charge in [0.1, 0.15) is 0 Å². The molecule has 0 radical (unpaired) electrons. The maximum absolute atomic E-state index is 15.1. The van der Waals surface area contributed by atoms with E-state index in [1.807, 2.05) is 0 Å². The highest BCUT2D eigenvalue weighted by Gasteiger charge is 2.39. The van der Waals surface area contributed by atoms with E-state index in [4.69, 9.17) is 9.47 Å². The summed E-state index contributed by atoms with van der Waals surface area (Å²) in [6.45, 7) is 1.27. The molecule has 0 spiro atoms. The maximum Gasteiger partial charge on any atom is 0.294 e. The van der Waals surface area contributed by atoms with Crippen molar-refractivity contribution in [3.63, 3.8) is 0 Å². The van der Waals surface area contributed by atoms with Crippen LogP contribution in [0.2, 0.25) is 0 Å². The highest BCUT2D eigenvalue weighted by molar-refractivity contribution is 7.27. The number of nitrogens with zero attached hydrogens (tertiary/aromatic N) is 4. The quantitative estimate of drug-likeness (QED) is 0.406. The van der Waals surface area contributed by atoms with E-state index in [1.54, 1.807) is 28.8 Å². The highest BCUT2D eigenvalue weighted by Crippen LogP contribution is 2.34. The Bertz CT molecular complexity index is 1090. The van der Waals surface area contributed by atoms with Gasteiger partial charge in [-0.1, -0.05) is 18.5 Å². The number of fused-ring (bicyclic) bond motifs is 1. The largest absolute Gasteiger partial charge is 0.467 e. The van der Waals surface area contributed by atoms with E-state index in [-0.39, 0.29) is 17.8 Å². The molecule has 1 fully saturated rings. The topological polar surface area (TPSA) is 61.5 Å². The molecule has 0 aliphatic heterocycles. The number of rotatable bonds is 7. The van der Waals surface area contributed by atoms with Gasteiger partial charge in [-0.15, -0.1) is 10.2 Å². The van der Waals surface area contributed by atoms with Gasteiger partial charge >= 0.3 is 0 Å². The van der Waals surface area contributed by atoms with Crippen LogP contribution in [0.1, 0.15) is 25.6 Å². The van der Waals surface area contributed by atoms with Crippen molar-refractivity contribution in [3.8, 4) is 17.0 Å². The number of halogens is 3. The zero-order valence-corrected chi connectivity index (χ0v) is 18.7. The minimum absolute atomic E-state index is 0.0572. The average Bonchev–Trinajstić information content (AvgIpc) is 3.35. The molecule has 3 aromatic rings. The average molecular weight is 454 g/mol. The SMILES string of the molecule is BC(F)(OC1CC1)c1nnc2ccc(-c3cnc(OC(C)C(F)(F)P)c(P)c3)cn12. The van der Waals surface area contributed by atoms with E-state index in [0.29, 0.717) is 16.5 Å². The van der Waals surface area contributed by atoms with Gasteiger partial charge in [-0.2, -0.15) is 8.78 Å². The Labute approximate surface area is 176 Å². The molecule has 1 aliphatic rings. The van der Waals surface area contributed by atoms with Crippen LogP contribution in [-0.4, -0.2) is 45.3 Å². The van der Waals surface area contributed by atoms with Gasteiger partial charge in [0, 0.05) is 28.8 Å². The molecule has 0 saturated heterocycles. The van der Waals surface area contributed by atoms with Gasteiger partial charge in [0.15, 0.2) is 25.4 Å². The molecule has 4 unspecified atom stereocenters. The van der Waals surface area contributed by atoms with Gasteiger partial charge in [-0.25, -0.2) is 9.37 Å². The lowest BCUT2D eigenvalue weighted by molar-refractivity contribution is -0.0995. The van der Waals surface area contributed by atoms with Gasteiger partial charge in [-0.05, 0) is 38.0 Å². The lowest BCUT2D eigenvalue weighted by Crippen LogP contribution is -2.31. The summed E-state index contributed by atoms with van der Waals surface area (Å²) < 4.78 is 54.1. The van der Waals surface area contributed by atoms with Crippen molar-refractivity contribution >= 4 is 37.3 Å². The lowest BCUT2D eigenvalue weighted by Gasteiger charge is -2.21. The van der Waals surface area contributed by atoms with Crippen molar-refractivity contribution in [2.75, 3.05) is 0 Å². The van der Waals surface area contributed by atoms with Gasteiger partial charge < -0.3 is 9.47 Å². The number of aromatic nitrogens is 4. The fourth-order valence-corrected chi connectivity index (χ4v) is 3.28. The van der Waals surface area contributed by atoms with Crippen LogP contribution in [0, 0.1) is 0 Å². The molecule has 30 heavy (non-hydrogen) atoms. The van der Waals surface area contributed by atoms with Gasteiger partial charge in [0.25, 0.3) is 5.66 Å². The summed E-state index contributed by atoms with van der Waals surface area (Å²) in [6, 6.07) is 5.25. The summed E-state index contributed by atoms with van der Waals surface area (Å²) in [5.74, 6) is -1.92. The van der Waals surface area contributed by atoms with Crippen LogP contribution in [0.15, 0.2) is 30.6 Å². The summed E-state index contributed by atoms with van der Waals surface area (Å²) in [5, 5.41) is 8.50. The third kappa shape index (κ3) is 4.46. The molecule has 3 aromatic heterocycles. The second-order valence-electron chi connectivity index (χ2n) is 7.46. The summed E-state index contributed by atoms with van der Waals surface area (Å²) in [4.78, 5) is 4.17. The van der Waals surface area contributed by atoms with Gasteiger partial charge in [0.05, 0.1) is 6.10 Å². The molecule has 0 amide bonds. The van der Waals surface area contributed by atoms with Crippen LogP contribution in [0.4, 0.5) is 13.2 Å². The number of ether oxygens (including phenoxy) is 2. The first kappa shape index (κ1) is 21.5. The first-order chi connectivity index (χ1) is 14.0. The smallest absolute Gasteiger partial charge is 0.294 e. The van der Waals surface area contributed by atoms with Crippen LogP contribution in [0.3, 0.4) is 0 Å². The Hall–Kier alpha value is -1.76. The molecule has 0 aromatic carbocycles. The van der Waals surface area contributed by atoms with E-state index in [9.17, 15) is 8.78 Å². The molecule has 4 rings (SSSR count). The van der Waals surface area contributed by atoms with E-state index >= 15 is 4.39 Å². The summed E-state index contributed by atoms with van der Waals surface area (Å²) in [7, 11) is 5.22. The highest BCUT2D eigenvalue weighted by atomic mass is 31.0. The Morgan fingerprint density at radius 2 is 1.97 bits per heavy atom. The van der Waals surface area contributed by atoms with Crippen LogP contribution in [-0.2, 0) is 10.5 Å². The van der Waals surface area contributed by atoms with Crippen LogP contribution < -0.4 is 10.0 Å². The monoisotopic (exact) mass is 454 g/mol. The molecule has 12 heteroatoms. The molecule has 0 N–H and O–H groups in total. The van der Waals surface area contributed by atoms with Crippen molar-refractivity contribution < 1.29 is 22.6 Å². The van der Waals surface area contributed by atoms with Crippen molar-refractivity contribution in [2.24, 2.45) is 0 Å². The molecule has 1 saturated carbocycles. The summed E-state index contributed by atoms with van der Waals surface area (Å²) >= 11 is 0. The predicted molar refractivity (Wildman–Crippen MR) is 116 cm³/mol. The van der Waals surface area contributed by atoms with Crippen LogP contribution >= 0.6 is 18.5 Å². The first-order valence-corrected chi connectivity index (χ1v) is 10.5. The van der Waals surface area contributed by atoms with Crippen LogP contribution in [0.5, 0.6) is 5.88 Å². The third-order valence-corrected chi connectivity index (χ3v) is 5.64.